The van der Waals surface area contributed by atoms with Crippen LogP contribution in [0, 0.1) is 17.2 Å². The quantitative estimate of drug-likeness (QED) is 0.537. The SMILES string of the molecule is COc1ccc(CC2CCN(C(=O)C3=CN(C4CCN(Cc5ccc(C#N)cc5)CC4)CC=C3)CC2)cc1. The Morgan fingerprint density at radius 3 is 2.29 bits per heavy atom. The Morgan fingerprint density at radius 2 is 1.63 bits per heavy atom. The number of carbonyl (C=O) groups excluding carboxylic acids is 1. The summed E-state index contributed by atoms with van der Waals surface area (Å²) >= 11 is 0. The third-order valence-corrected chi connectivity index (χ3v) is 8.27. The maximum Gasteiger partial charge on any atom is 0.255 e. The molecule has 3 heterocycles. The predicted octanol–water partition coefficient (Wildman–Crippen LogP) is 4.77. The van der Waals surface area contributed by atoms with Gasteiger partial charge in [-0.05, 0) is 73.4 Å². The summed E-state index contributed by atoms with van der Waals surface area (Å²) in [6, 6.07) is 18.9. The minimum absolute atomic E-state index is 0.173. The predicted molar refractivity (Wildman–Crippen MR) is 149 cm³/mol. The van der Waals surface area contributed by atoms with Crippen LogP contribution >= 0.6 is 0 Å². The van der Waals surface area contributed by atoms with Gasteiger partial charge in [0, 0.05) is 51.5 Å². The molecule has 6 nitrogen and oxygen atoms in total. The molecule has 0 aromatic heterocycles. The highest BCUT2D eigenvalue weighted by molar-refractivity contribution is 5.96. The summed E-state index contributed by atoms with van der Waals surface area (Å²) < 4.78 is 5.27. The molecule has 6 heteroatoms. The maximum atomic E-state index is 13.4. The normalized spacial score (nSPS) is 19.2. The zero-order valence-corrected chi connectivity index (χ0v) is 22.4. The van der Waals surface area contributed by atoms with Crippen molar-refractivity contribution in [3.8, 4) is 11.8 Å². The van der Waals surface area contributed by atoms with Gasteiger partial charge in [-0.2, -0.15) is 5.26 Å². The summed E-state index contributed by atoms with van der Waals surface area (Å²) in [4.78, 5) is 20.3. The molecule has 0 bridgehead atoms. The van der Waals surface area contributed by atoms with Gasteiger partial charge in [0.1, 0.15) is 5.75 Å². The molecule has 1 amide bonds. The van der Waals surface area contributed by atoms with E-state index in [0.717, 1.165) is 82.7 Å². The third-order valence-electron chi connectivity index (χ3n) is 8.27. The molecule has 2 fully saturated rings. The molecule has 0 atom stereocenters. The van der Waals surface area contributed by atoms with E-state index >= 15 is 0 Å². The summed E-state index contributed by atoms with van der Waals surface area (Å²) in [5, 5.41) is 9.00. The molecule has 0 saturated carbocycles. The highest BCUT2D eigenvalue weighted by atomic mass is 16.5. The van der Waals surface area contributed by atoms with E-state index in [4.69, 9.17) is 10.00 Å². The maximum absolute atomic E-state index is 13.4. The van der Waals surface area contributed by atoms with Crippen LogP contribution in [0.5, 0.6) is 5.75 Å². The highest BCUT2D eigenvalue weighted by Crippen LogP contribution is 2.26. The Balaban J connectivity index is 1.09. The Hall–Kier alpha value is -3.56. The summed E-state index contributed by atoms with van der Waals surface area (Å²) in [5.41, 5.74) is 4.13. The first-order valence-electron chi connectivity index (χ1n) is 13.9. The van der Waals surface area contributed by atoms with Crippen molar-refractivity contribution in [2.45, 2.75) is 44.7 Å². The average Bonchev–Trinajstić information content (AvgIpc) is 2.98. The second kappa shape index (κ2) is 12.3. The first-order chi connectivity index (χ1) is 18.6. The van der Waals surface area contributed by atoms with Crippen molar-refractivity contribution >= 4 is 5.91 Å². The van der Waals surface area contributed by atoms with Gasteiger partial charge >= 0.3 is 0 Å². The van der Waals surface area contributed by atoms with Gasteiger partial charge in [0.05, 0.1) is 24.3 Å². The monoisotopic (exact) mass is 510 g/mol. The Bertz CT molecular complexity index is 1180. The van der Waals surface area contributed by atoms with Crippen LogP contribution in [0.3, 0.4) is 0 Å². The third kappa shape index (κ3) is 6.46. The van der Waals surface area contributed by atoms with Crippen LogP contribution in [0.1, 0.15) is 42.4 Å². The van der Waals surface area contributed by atoms with Crippen molar-refractivity contribution in [2.24, 2.45) is 5.92 Å². The number of likely N-dealkylation sites (tertiary alicyclic amines) is 2. The lowest BCUT2D eigenvalue weighted by Crippen LogP contribution is -2.44. The molecule has 0 spiro atoms. The molecule has 3 aliphatic heterocycles. The van der Waals surface area contributed by atoms with E-state index in [2.05, 4.69) is 52.4 Å². The fourth-order valence-electron chi connectivity index (χ4n) is 5.93. The Labute approximate surface area is 226 Å². The number of benzene rings is 2. The van der Waals surface area contributed by atoms with Crippen LogP contribution in [-0.4, -0.2) is 66.5 Å². The van der Waals surface area contributed by atoms with Crippen molar-refractivity contribution in [1.82, 2.24) is 14.7 Å². The van der Waals surface area contributed by atoms with E-state index in [1.54, 1.807) is 7.11 Å². The van der Waals surface area contributed by atoms with Crippen molar-refractivity contribution in [1.29, 1.82) is 5.26 Å². The van der Waals surface area contributed by atoms with Crippen LogP contribution < -0.4 is 4.74 Å². The first kappa shape index (κ1) is 26.1. The lowest BCUT2D eigenvalue weighted by molar-refractivity contribution is -0.128. The minimum atomic E-state index is 0.173. The molecule has 2 saturated heterocycles. The molecular weight excluding hydrogens is 472 g/mol. The second-order valence-electron chi connectivity index (χ2n) is 10.8. The van der Waals surface area contributed by atoms with E-state index in [0.29, 0.717) is 17.5 Å². The zero-order valence-electron chi connectivity index (χ0n) is 22.4. The lowest BCUT2D eigenvalue weighted by atomic mass is 9.90. The van der Waals surface area contributed by atoms with E-state index in [-0.39, 0.29) is 5.91 Å². The smallest absolute Gasteiger partial charge is 0.255 e. The summed E-state index contributed by atoms with van der Waals surface area (Å²) in [6.07, 6.45) is 11.6. The molecule has 2 aromatic rings. The largest absolute Gasteiger partial charge is 0.497 e. The van der Waals surface area contributed by atoms with Gasteiger partial charge in [-0.25, -0.2) is 0 Å². The van der Waals surface area contributed by atoms with Gasteiger partial charge in [0.2, 0.25) is 0 Å². The minimum Gasteiger partial charge on any atom is -0.497 e. The Morgan fingerprint density at radius 1 is 0.947 bits per heavy atom. The first-order valence-corrected chi connectivity index (χ1v) is 13.9. The van der Waals surface area contributed by atoms with Gasteiger partial charge in [0.15, 0.2) is 0 Å². The number of methoxy groups -OCH3 is 1. The van der Waals surface area contributed by atoms with E-state index in [9.17, 15) is 4.79 Å². The number of carbonyl (C=O) groups is 1. The molecule has 2 aromatic carbocycles. The highest BCUT2D eigenvalue weighted by Gasteiger charge is 2.28. The zero-order chi connectivity index (χ0) is 26.3. The number of nitrogens with zero attached hydrogens (tertiary/aromatic N) is 4. The molecule has 0 radical (unpaired) electrons. The average molecular weight is 511 g/mol. The number of ether oxygens (including phenoxy) is 1. The molecule has 198 valence electrons. The summed E-state index contributed by atoms with van der Waals surface area (Å²) in [7, 11) is 1.70. The molecule has 38 heavy (non-hydrogen) atoms. The van der Waals surface area contributed by atoms with Crippen molar-refractivity contribution in [3.05, 3.63) is 89.1 Å². The fraction of sp³-hybridized carbons (Fsp3) is 0.438. The van der Waals surface area contributed by atoms with Crippen LogP contribution in [0.2, 0.25) is 0 Å². The van der Waals surface area contributed by atoms with Gasteiger partial charge < -0.3 is 14.5 Å². The van der Waals surface area contributed by atoms with E-state index < -0.39 is 0 Å². The molecule has 0 aliphatic carbocycles. The van der Waals surface area contributed by atoms with Gasteiger partial charge in [0.25, 0.3) is 5.91 Å². The number of piperidine rings is 2. The van der Waals surface area contributed by atoms with Crippen LogP contribution in [0.15, 0.2) is 72.5 Å². The summed E-state index contributed by atoms with van der Waals surface area (Å²) in [5.74, 6) is 1.69. The summed E-state index contributed by atoms with van der Waals surface area (Å²) in [6.45, 7) is 5.55. The number of nitriles is 1. The molecule has 5 rings (SSSR count). The lowest BCUT2D eigenvalue weighted by Gasteiger charge is -2.39. The molecule has 3 aliphatic rings. The van der Waals surface area contributed by atoms with Crippen LogP contribution in [0.25, 0.3) is 0 Å². The molecule has 0 unspecified atom stereocenters. The van der Waals surface area contributed by atoms with Crippen LogP contribution in [0.4, 0.5) is 0 Å². The second-order valence-corrected chi connectivity index (χ2v) is 10.8. The standard InChI is InChI=1S/C32H38N4O2/c1-38-31-10-8-25(9-11-31)21-26-12-19-35(20-13-26)32(37)29-3-2-16-36(24-29)30-14-17-34(18-15-30)23-28-6-4-27(22-33)5-7-28/h2-11,24,26,30H,12-21,23H2,1H3. The molecule has 0 N–H and O–H groups in total. The van der Waals surface area contributed by atoms with E-state index in [1.807, 2.05) is 35.2 Å². The van der Waals surface area contributed by atoms with Crippen molar-refractivity contribution < 1.29 is 9.53 Å². The molecular formula is C32H38N4O2. The fourth-order valence-corrected chi connectivity index (χ4v) is 5.93. The van der Waals surface area contributed by atoms with Gasteiger partial charge in [-0.15, -0.1) is 0 Å². The van der Waals surface area contributed by atoms with Crippen LogP contribution in [-0.2, 0) is 17.8 Å². The van der Waals surface area contributed by atoms with Gasteiger partial charge in [-0.3, -0.25) is 9.69 Å². The van der Waals surface area contributed by atoms with Crippen molar-refractivity contribution in [3.63, 3.8) is 0 Å². The van der Waals surface area contributed by atoms with E-state index in [1.165, 1.54) is 11.1 Å². The van der Waals surface area contributed by atoms with Crippen molar-refractivity contribution in [2.75, 3.05) is 39.8 Å². The Kier molecular flexibility index (Phi) is 8.45. The number of hydrogen-bond donors (Lipinski definition) is 0. The number of amides is 1. The van der Waals surface area contributed by atoms with Gasteiger partial charge in [-0.1, -0.05) is 36.4 Å². The topological polar surface area (TPSA) is 59.8 Å². The number of rotatable bonds is 7. The number of hydrogen-bond acceptors (Lipinski definition) is 5.